The summed E-state index contributed by atoms with van der Waals surface area (Å²) < 4.78 is 5.34. The average Bonchev–Trinajstić information content (AvgIpc) is 2.42. The lowest BCUT2D eigenvalue weighted by Gasteiger charge is -2.45. The van der Waals surface area contributed by atoms with Gasteiger partial charge in [-0.1, -0.05) is 42.5 Å². The number of hydrogen-bond acceptors (Lipinski definition) is 3. The van der Waals surface area contributed by atoms with Crippen molar-refractivity contribution in [2.24, 2.45) is 5.41 Å². The highest BCUT2D eigenvalue weighted by molar-refractivity contribution is 5.86. The molecule has 2 aromatic rings. The fourth-order valence-electron chi connectivity index (χ4n) is 3.16. The third kappa shape index (κ3) is 1.89. The van der Waals surface area contributed by atoms with Crippen molar-refractivity contribution in [2.75, 3.05) is 27.3 Å². The lowest BCUT2D eigenvalue weighted by Crippen LogP contribution is -2.50. The molecule has 1 atom stereocenters. The monoisotopic (exact) mass is 266 g/mol. The first-order valence-electron chi connectivity index (χ1n) is 6.81. The van der Waals surface area contributed by atoms with Gasteiger partial charge in [-0.3, -0.25) is 0 Å². The van der Waals surface area contributed by atoms with Crippen LogP contribution in [0.1, 0.15) is 11.6 Å². The van der Waals surface area contributed by atoms with Crippen LogP contribution < -0.4 is 0 Å². The Labute approximate surface area is 119 Å². The Morgan fingerprint density at radius 1 is 1.15 bits per heavy atom. The van der Waals surface area contributed by atoms with E-state index in [0.717, 1.165) is 0 Å². The Morgan fingerprint density at radius 3 is 2.45 bits per heavy atom. The molecule has 0 aromatic heterocycles. The first-order chi connectivity index (χ1) is 9.68. The average molecular weight is 266 g/mol. The van der Waals surface area contributed by atoms with Crippen LogP contribution in [0.5, 0.6) is 0 Å². The van der Waals surface area contributed by atoms with Crippen LogP contribution in [0.2, 0.25) is 0 Å². The Morgan fingerprint density at radius 2 is 1.85 bits per heavy atom. The van der Waals surface area contributed by atoms with Crippen molar-refractivity contribution < 1.29 is 4.74 Å². The zero-order valence-electron chi connectivity index (χ0n) is 11.8. The molecule has 0 N–H and O–H groups in total. The highest BCUT2D eigenvalue weighted by Crippen LogP contribution is 2.44. The summed E-state index contributed by atoms with van der Waals surface area (Å²) in [6.07, 6.45) is 0. The maximum absolute atomic E-state index is 9.63. The SMILES string of the molecule is CN(C)C(c1cccc2ccccc12)C1(C#N)COC1. The molecule has 0 radical (unpaired) electrons. The van der Waals surface area contributed by atoms with Crippen molar-refractivity contribution >= 4 is 10.8 Å². The standard InChI is InChI=1S/C17H18N2O/c1-19(2)16(17(10-18)11-20-12-17)15-9-5-7-13-6-3-4-8-14(13)15/h3-9,16H,11-12H2,1-2H3. The largest absolute Gasteiger partial charge is 0.378 e. The molecular formula is C17H18N2O. The zero-order valence-corrected chi connectivity index (χ0v) is 11.8. The molecule has 0 bridgehead atoms. The Bertz CT molecular complexity index is 663. The number of fused-ring (bicyclic) bond motifs is 1. The fourth-order valence-corrected chi connectivity index (χ4v) is 3.16. The quantitative estimate of drug-likeness (QED) is 0.857. The van der Waals surface area contributed by atoms with Gasteiger partial charge >= 0.3 is 0 Å². The van der Waals surface area contributed by atoms with E-state index in [1.54, 1.807) is 0 Å². The summed E-state index contributed by atoms with van der Waals surface area (Å²) in [6.45, 7) is 1.02. The first-order valence-corrected chi connectivity index (χ1v) is 6.81. The molecule has 1 aliphatic rings. The van der Waals surface area contributed by atoms with Gasteiger partial charge in [0.25, 0.3) is 0 Å². The van der Waals surface area contributed by atoms with Gasteiger partial charge in [0.15, 0.2) is 0 Å². The predicted octanol–water partition coefficient (Wildman–Crippen LogP) is 2.98. The van der Waals surface area contributed by atoms with Crippen LogP contribution in [0.4, 0.5) is 0 Å². The third-order valence-electron chi connectivity index (χ3n) is 4.10. The summed E-state index contributed by atoms with van der Waals surface area (Å²) in [5, 5.41) is 12.1. The van der Waals surface area contributed by atoms with Crippen LogP contribution in [0.25, 0.3) is 10.8 Å². The fraction of sp³-hybridized carbons (Fsp3) is 0.353. The van der Waals surface area contributed by atoms with E-state index in [1.807, 2.05) is 20.2 Å². The number of nitrogens with zero attached hydrogens (tertiary/aromatic N) is 2. The van der Waals surface area contributed by atoms with Crippen molar-refractivity contribution in [1.29, 1.82) is 5.26 Å². The van der Waals surface area contributed by atoms with Crippen molar-refractivity contribution in [3.63, 3.8) is 0 Å². The van der Waals surface area contributed by atoms with Gasteiger partial charge in [0.2, 0.25) is 0 Å². The summed E-state index contributed by atoms with van der Waals surface area (Å²) in [4.78, 5) is 2.13. The van der Waals surface area contributed by atoms with Crippen molar-refractivity contribution in [1.82, 2.24) is 4.90 Å². The van der Waals surface area contributed by atoms with E-state index in [9.17, 15) is 5.26 Å². The van der Waals surface area contributed by atoms with Gasteiger partial charge in [-0.15, -0.1) is 0 Å². The Kier molecular flexibility index (Phi) is 3.21. The molecule has 1 fully saturated rings. The lowest BCUT2D eigenvalue weighted by atomic mass is 9.75. The molecule has 1 heterocycles. The van der Waals surface area contributed by atoms with Crippen LogP contribution in [-0.2, 0) is 4.74 Å². The van der Waals surface area contributed by atoms with Crippen LogP contribution in [0.3, 0.4) is 0 Å². The van der Waals surface area contributed by atoms with Crippen molar-refractivity contribution in [3.8, 4) is 6.07 Å². The Hall–Kier alpha value is -1.89. The second kappa shape index (κ2) is 4.90. The van der Waals surface area contributed by atoms with E-state index >= 15 is 0 Å². The maximum atomic E-state index is 9.63. The van der Waals surface area contributed by atoms with E-state index in [-0.39, 0.29) is 6.04 Å². The third-order valence-corrected chi connectivity index (χ3v) is 4.10. The molecule has 0 aliphatic carbocycles. The number of hydrogen-bond donors (Lipinski definition) is 0. The molecule has 1 aliphatic heterocycles. The molecule has 3 heteroatoms. The number of benzene rings is 2. The van der Waals surface area contributed by atoms with Crippen LogP contribution >= 0.6 is 0 Å². The normalized spacial score (nSPS) is 18.5. The summed E-state index contributed by atoms with van der Waals surface area (Å²) in [7, 11) is 4.06. The molecule has 20 heavy (non-hydrogen) atoms. The van der Waals surface area contributed by atoms with Crippen molar-refractivity contribution in [2.45, 2.75) is 6.04 Å². The topological polar surface area (TPSA) is 36.3 Å². The highest BCUT2D eigenvalue weighted by atomic mass is 16.5. The van der Waals surface area contributed by atoms with Gasteiger partial charge in [-0.2, -0.15) is 5.26 Å². The molecule has 0 amide bonds. The van der Waals surface area contributed by atoms with Gasteiger partial charge < -0.3 is 9.64 Å². The molecule has 3 rings (SSSR count). The van der Waals surface area contributed by atoms with E-state index in [4.69, 9.17) is 4.74 Å². The van der Waals surface area contributed by atoms with Crippen LogP contribution in [0, 0.1) is 16.7 Å². The van der Waals surface area contributed by atoms with E-state index in [1.165, 1.54) is 16.3 Å². The molecule has 2 aromatic carbocycles. The van der Waals surface area contributed by atoms with Crippen LogP contribution in [0.15, 0.2) is 42.5 Å². The molecule has 102 valence electrons. The van der Waals surface area contributed by atoms with Gasteiger partial charge in [-0.05, 0) is 30.4 Å². The molecular weight excluding hydrogens is 248 g/mol. The maximum Gasteiger partial charge on any atom is 0.123 e. The summed E-state index contributed by atoms with van der Waals surface area (Å²) >= 11 is 0. The second-order valence-corrected chi connectivity index (χ2v) is 5.70. The summed E-state index contributed by atoms with van der Waals surface area (Å²) in [5.41, 5.74) is 0.770. The highest BCUT2D eigenvalue weighted by Gasteiger charge is 2.48. The van der Waals surface area contributed by atoms with Gasteiger partial charge in [0.1, 0.15) is 5.41 Å². The first kappa shape index (κ1) is 13.1. The summed E-state index contributed by atoms with van der Waals surface area (Å²) in [6, 6.07) is 17.2. The van der Waals surface area contributed by atoms with Gasteiger partial charge in [-0.25, -0.2) is 0 Å². The number of ether oxygens (including phenoxy) is 1. The van der Waals surface area contributed by atoms with Crippen LogP contribution in [-0.4, -0.2) is 32.2 Å². The predicted molar refractivity (Wildman–Crippen MR) is 79.2 cm³/mol. The number of rotatable bonds is 3. The van der Waals surface area contributed by atoms with E-state index in [0.29, 0.717) is 13.2 Å². The zero-order chi connectivity index (χ0) is 14.2. The second-order valence-electron chi connectivity index (χ2n) is 5.70. The molecule has 0 spiro atoms. The molecule has 1 saturated heterocycles. The molecule has 0 saturated carbocycles. The minimum atomic E-state index is -0.437. The smallest absolute Gasteiger partial charge is 0.123 e. The summed E-state index contributed by atoms with van der Waals surface area (Å²) in [5.74, 6) is 0. The molecule has 1 unspecified atom stereocenters. The lowest BCUT2D eigenvalue weighted by molar-refractivity contribution is -0.115. The van der Waals surface area contributed by atoms with E-state index < -0.39 is 5.41 Å². The van der Waals surface area contributed by atoms with E-state index in [2.05, 4.69) is 47.4 Å². The Balaban J connectivity index is 2.18. The minimum absolute atomic E-state index is 0.0485. The number of nitriles is 1. The molecule has 3 nitrogen and oxygen atoms in total. The van der Waals surface area contributed by atoms with Crippen molar-refractivity contribution in [3.05, 3.63) is 48.0 Å². The minimum Gasteiger partial charge on any atom is -0.378 e. The van der Waals surface area contributed by atoms with Gasteiger partial charge in [0.05, 0.1) is 25.3 Å². The van der Waals surface area contributed by atoms with Gasteiger partial charge in [0, 0.05) is 0 Å².